The van der Waals surface area contributed by atoms with E-state index in [1.165, 1.54) is 12.8 Å². The molecule has 2 aliphatic rings. The smallest absolute Gasteiger partial charge is 0.410 e. The summed E-state index contributed by atoms with van der Waals surface area (Å²) in [5.41, 5.74) is -0.420. The Bertz CT molecular complexity index is 353. The van der Waals surface area contributed by atoms with Crippen LogP contribution in [-0.4, -0.2) is 41.9 Å². The Morgan fingerprint density at radius 3 is 2.45 bits per heavy atom. The van der Waals surface area contributed by atoms with Crippen LogP contribution in [0.5, 0.6) is 0 Å². The number of hydrogen-bond donors (Lipinski definition) is 0. The zero-order valence-corrected chi connectivity index (χ0v) is 13.6. The largest absolute Gasteiger partial charge is 0.444 e. The highest BCUT2D eigenvalue weighted by Crippen LogP contribution is 2.42. The molecule has 2 fully saturated rings. The van der Waals surface area contributed by atoms with E-state index in [2.05, 4.69) is 6.92 Å². The lowest BCUT2D eigenvalue weighted by atomic mass is 9.77. The van der Waals surface area contributed by atoms with Crippen molar-refractivity contribution in [1.29, 1.82) is 0 Å². The normalized spacial score (nSPS) is 34.2. The third kappa shape index (κ3) is 3.66. The fourth-order valence-corrected chi connectivity index (χ4v) is 3.19. The molecule has 1 saturated heterocycles. The van der Waals surface area contributed by atoms with Crippen molar-refractivity contribution in [2.75, 3.05) is 13.7 Å². The second kappa shape index (κ2) is 5.55. The van der Waals surface area contributed by atoms with Crippen molar-refractivity contribution >= 4 is 6.09 Å². The highest BCUT2D eigenvalue weighted by atomic mass is 16.6. The number of likely N-dealkylation sites (N-methyl/N-ethyl adjacent to an activating group) is 1. The van der Waals surface area contributed by atoms with Crippen LogP contribution in [-0.2, 0) is 9.47 Å². The van der Waals surface area contributed by atoms with Crippen molar-refractivity contribution in [2.45, 2.75) is 77.0 Å². The Balaban J connectivity index is 1.90. The summed E-state index contributed by atoms with van der Waals surface area (Å²) >= 11 is 0. The molecule has 1 aliphatic carbocycles. The van der Waals surface area contributed by atoms with Crippen LogP contribution in [0.15, 0.2) is 0 Å². The summed E-state index contributed by atoms with van der Waals surface area (Å²) in [5.74, 6) is 0.812. The van der Waals surface area contributed by atoms with Crippen molar-refractivity contribution in [2.24, 2.45) is 5.92 Å². The van der Waals surface area contributed by atoms with E-state index in [1.807, 2.05) is 27.8 Å². The minimum absolute atomic E-state index is 0.0213. The zero-order chi connectivity index (χ0) is 15.0. The van der Waals surface area contributed by atoms with E-state index < -0.39 is 5.60 Å². The molecule has 0 radical (unpaired) electrons. The molecule has 1 amide bonds. The molecular formula is C16H29NO3. The van der Waals surface area contributed by atoms with Gasteiger partial charge in [0, 0.05) is 7.05 Å². The number of carbonyl (C=O) groups is 1. The minimum Gasteiger partial charge on any atom is -0.444 e. The van der Waals surface area contributed by atoms with Crippen LogP contribution in [0.4, 0.5) is 4.79 Å². The molecule has 0 aromatic rings. The number of amides is 1. The highest BCUT2D eigenvalue weighted by molar-refractivity contribution is 5.68. The molecule has 4 heteroatoms. The number of hydrogen-bond acceptors (Lipinski definition) is 3. The van der Waals surface area contributed by atoms with Crippen molar-refractivity contribution in [3.63, 3.8) is 0 Å². The molecule has 1 saturated carbocycles. The Kier molecular flexibility index (Phi) is 4.33. The number of nitrogens with zero attached hydrogens (tertiary/aromatic N) is 1. The van der Waals surface area contributed by atoms with Crippen molar-refractivity contribution < 1.29 is 14.3 Å². The highest BCUT2D eigenvalue weighted by Gasteiger charge is 2.44. The first kappa shape index (κ1) is 15.6. The van der Waals surface area contributed by atoms with Crippen LogP contribution in [0.2, 0.25) is 0 Å². The van der Waals surface area contributed by atoms with Gasteiger partial charge in [-0.2, -0.15) is 0 Å². The molecule has 1 atom stereocenters. The molecule has 116 valence electrons. The molecule has 0 aromatic carbocycles. The van der Waals surface area contributed by atoms with E-state index in [0.29, 0.717) is 6.61 Å². The van der Waals surface area contributed by atoms with Crippen LogP contribution in [0, 0.1) is 5.92 Å². The molecule has 0 bridgehead atoms. The fourth-order valence-electron chi connectivity index (χ4n) is 3.19. The van der Waals surface area contributed by atoms with Gasteiger partial charge in [0.15, 0.2) is 0 Å². The first-order valence-electron chi connectivity index (χ1n) is 7.81. The molecule has 20 heavy (non-hydrogen) atoms. The lowest BCUT2D eigenvalue weighted by Crippen LogP contribution is -2.42. The van der Waals surface area contributed by atoms with Gasteiger partial charge in [-0.1, -0.05) is 6.92 Å². The Morgan fingerprint density at radius 1 is 1.30 bits per heavy atom. The van der Waals surface area contributed by atoms with E-state index in [0.717, 1.165) is 25.2 Å². The summed E-state index contributed by atoms with van der Waals surface area (Å²) in [6.07, 6.45) is 5.45. The molecule has 4 nitrogen and oxygen atoms in total. The number of carbonyl (C=O) groups excluding carboxylic acids is 1. The van der Waals surface area contributed by atoms with Gasteiger partial charge in [0.2, 0.25) is 0 Å². The van der Waals surface area contributed by atoms with Gasteiger partial charge in [0.1, 0.15) is 5.60 Å². The second-order valence-electron chi connectivity index (χ2n) is 7.63. The second-order valence-corrected chi connectivity index (χ2v) is 7.63. The Morgan fingerprint density at radius 2 is 1.90 bits per heavy atom. The standard InChI is InChI=1S/C16H29NO3/c1-12-6-8-16(9-7-12)10-13(11-19-16)17(5)14(18)20-15(2,3)4/h12-13H,6-11H2,1-5H3/t12?,13-,16?/m0/s1. The van der Waals surface area contributed by atoms with Gasteiger partial charge in [0.25, 0.3) is 0 Å². The average Bonchev–Trinajstić information content (AvgIpc) is 2.75. The fraction of sp³-hybridized carbons (Fsp3) is 0.938. The summed E-state index contributed by atoms with van der Waals surface area (Å²) in [6, 6.07) is 0.151. The van der Waals surface area contributed by atoms with Gasteiger partial charge < -0.3 is 14.4 Å². The summed E-state index contributed by atoms with van der Waals surface area (Å²) < 4.78 is 11.5. The molecule has 0 unspecified atom stereocenters. The molecule has 1 aliphatic heterocycles. The number of rotatable bonds is 1. The first-order chi connectivity index (χ1) is 9.21. The molecule has 0 aromatic heterocycles. The van der Waals surface area contributed by atoms with E-state index in [-0.39, 0.29) is 17.7 Å². The van der Waals surface area contributed by atoms with Gasteiger partial charge in [0.05, 0.1) is 18.2 Å². The predicted octanol–water partition coefficient (Wildman–Crippen LogP) is 3.59. The maximum absolute atomic E-state index is 12.1. The zero-order valence-electron chi connectivity index (χ0n) is 13.6. The SMILES string of the molecule is CC1CCC2(CC1)C[C@H](N(C)C(=O)OC(C)(C)C)CO2. The minimum atomic E-state index is -0.442. The van der Waals surface area contributed by atoms with Crippen molar-refractivity contribution in [3.8, 4) is 0 Å². The van der Waals surface area contributed by atoms with Crippen molar-refractivity contribution in [3.05, 3.63) is 0 Å². The van der Waals surface area contributed by atoms with E-state index >= 15 is 0 Å². The van der Waals surface area contributed by atoms with Crippen LogP contribution < -0.4 is 0 Å². The van der Waals surface area contributed by atoms with Gasteiger partial charge in [-0.3, -0.25) is 0 Å². The lowest BCUT2D eigenvalue weighted by molar-refractivity contribution is -0.0340. The summed E-state index contributed by atoms with van der Waals surface area (Å²) in [4.78, 5) is 13.8. The third-order valence-electron chi connectivity index (χ3n) is 4.60. The van der Waals surface area contributed by atoms with Gasteiger partial charge >= 0.3 is 6.09 Å². The Hall–Kier alpha value is -0.770. The molecule has 2 rings (SSSR count). The molecule has 1 heterocycles. The van der Waals surface area contributed by atoms with Gasteiger partial charge in [-0.25, -0.2) is 4.79 Å². The molecule has 1 spiro atoms. The summed E-state index contributed by atoms with van der Waals surface area (Å²) in [7, 11) is 1.83. The molecular weight excluding hydrogens is 254 g/mol. The van der Waals surface area contributed by atoms with E-state index in [9.17, 15) is 4.79 Å². The predicted molar refractivity (Wildman–Crippen MR) is 78.7 cm³/mol. The quantitative estimate of drug-likeness (QED) is 0.738. The monoisotopic (exact) mass is 283 g/mol. The van der Waals surface area contributed by atoms with Crippen LogP contribution >= 0.6 is 0 Å². The lowest BCUT2D eigenvalue weighted by Gasteiger charge is -2.35. The van der Waals surface area contributed by atoms with Crippen molar-refractivity contribution in [1.82, 2.24) is 4.90 Å². The van der Waals surface area contributed by atoms with Crippen LogP contribution in [0.3, 0.4) is 0 Å². The third-order valence-corrected chi connectivity index (χ3v) is 4.60. The summed E-state index contributed by atoms with van der Waals surface area (Å²) in [6.45, 7) is 8.64. The topological polar surface area (TPSA) is 38.8 Å². The van der Waals surface area contributed by atoms with Crippen LogP contribution in [0.1, 0.15) is 59.8 Å². The average molecular weight is 283 g/mol. The number of ether oxygens (including phenoxy) is 2. The van der Waals surface area contributed by atoms with E-state index in [1.54, 1.807) is 4.90 Å². The Labute approximate surface area is 122 Å². The maximum Gasteiger partial charge on any atom is 0.410 e. The summed E-state index contributed by atoms with van der Waals surface area (Å²) in [5, 5.41) is 0. The van der Waals surface area contributed by atoms with Gasteiger partial charge in [-0.15, -0.1) is 0 Å². The van der Waals surface area contributed by atoms with E-state index in [4.69, 9.17) is 9.47 Å². The first-order valence-corrected chi connectivity index (χ1v) is 7.81. The van der Waals surface area contributed by atoms with Crippen LogP contribution in [0.25, 0.3) is 0 Å². The maximum atomic E-state index is 12.1. The van der Waals surface area contributed by atoms with Gasteiger partial charge in [-0.05, 0) is 58.8 Å². The molecule has 0 N–H and O–H groups in total.